The van der Waals surface area contributed by atoms with Gasteiger partial charge in [0.2, 0.25) is 16.3 Å². The summed E-state index contributed by atoms with van der Waals surface area (Å²) in [4.78, 5) is 38.2. The van der Waals surface area contributed by atoms with Gasteiger partial charge >= 0.3 is 5.97 Å². The number of esters is 1. The van der Waals surface area contributed by atoms with Crippen molar-refractivity contribution in [2.24, 2.45) is 0 Å². The van der Waals surface area contributed by atoms with Crippen molar-refractivity contribution in [1.29, 1.82) is 0 Å². The molecule has 5 rings (SSSR count). The summed E-state index contributed by atoms with van der Waals surface area (Å²) in [6, 6.07) is 26.3. The number of ether oxygens (including phenoxy) is 4. The minimum absolute atomic E-state index is 0.0113. The van der Waals surface area contributed by atoms with Crippen molar-refractivity contribution < 1.29 is 46.9 Å². The number of carbonyl (C=O) groups is 3. The molecule has 0 aliphatic carbocycles. The molecule has 0 spiro atoms. The highest BCUT2D eigenvalue weighted by Gasteiger charge is 2.30. The first-order valence-corrected chi connectivity index (χ1v) is 18.4. The Kier molecular flexibility index (Phi) is 13.4. The number of nitrogens with two attached hydrogens (primary N) is 1. The van der Waals surface area contributed by atoms with Crippen LogP contribution in [0.4, 0.5) is 11.4 Å². The summed E-state index contributed by atoms with van der Waals surface area (Å²) in [5.41, 5.74) is 9.14. The first kappa shape index (κ1) is 39.5. The number of nitrogen functional groups attached to an aromatic ring is 1. The number of hydrogen-bond donors (Lipinski definition) is 4. The van der Waals surface area contributed by atoms with E-state index in [1.54, 1.807) is 78.9 Å². The van der Waals surface area contributed by atoms with Crippen LogP contribution >= 0.6 is 0 Å². The van der Waals surface area contributed by atoms with Crippen LogP contribution < -0.4 is 21.1 Å². The lowest BCUT2D eigenvalue weighted by molar-refractivity contribution is -0.146. The van der Waals surface area contributed by atoms with Gasteiger partial charge in [-0.05, 0) is 77.9 Å². The van der Waals surface area contributed by atoms with Crippen molar-refractivity contribution in [3.8, 4) is 5.75 Å². The maximum absolute atomic E-state index is 13.5. The minimum Gasteiger partial charge on any atom is -0.497 e. The molecular weight excluding hydrogens is 717 g/mol. The molecule has 0 unspecified atom stereocenters. The summed E-state index contributed by atoms with van der Waals surface area (Å²) in [5.74, 6) is -1.23. The average molecular weight is 759 g/mol. The number of anilines is 2. The fourth-order valence-electron chi connectivity index (χ4n) is 5.63. The van der Waals surface area contributed by atoms with E-state index in [-0.39, 0.29) is 55.1 Å². The van der Waals surface area contributed by atoms with Crippen molar-refractivity contribution in [1.82, 2.24) is 9.62 Å². The SMILES string of the molecule is COC(=O)c1ccc([C@@H]2C=C(C(=O)NCc3ccc(C(=O)Nc4ccccc4N)cc3)O[C@H](OCCN(CCO)S(=O)(=O)c3ccc(OC)cc3)C2)cc1. The average Bonchev–Trinajstić information content (AvgIpc) is 3.20. The molecular formula is C39H42N4O10S. The van der Waals surface area contributed by atoms with Gasteiger partial charge in [0.15, 0.2) is 5.76 Å². The van der Waals surface area contributed by atoms with E-state index < -0.39 is 34.8 Å². The standard InChI is InChI=1S/C39H42N4O10S/c1-50-31-15-17-32(18-16-31)54(48,49)43(19-21-44)20-22-52-36-24-30(27-11-13-29(14-12-27)39(47)51-2)23-35(53-36)38(46)41-25-26-7-9-28(10-8-26)37(45)42-34-6-4-3-5-33(34)40/h3-18,23,30,36,44H,19-22,24-25,40H2,1-2H3,(H,41,46)(H,42,45)/t30-,36+/m1/s1. The Morgan fingerprint density at radius 1 is 0.889 bits per heavy atom. The molecule has 0 saturated carbocycles. The molecule has 14 nitrogen and oxygen atoms in total. The molecule has 2 atom stereocenters. The number of nitrogens with one attached hydrogen (secondary N) is 2. The van der Waals surface area contributed by atoms with E-state index in [9.17, 15) is 27.9 Å². The molecule has 0 bridgehead atoms. The van der Waals surface area contributed by atoms with Gasteiger partial charge in [-0.2, -0.15) is 4.31 Å². The van der Waals surface area contributed by atoms with Crippen LogP contribution in [0.5, 0.6) is 5.75 Å². The van der Waals surface area contributed by atoms with Crippen LogP contribution in [0.2, 0.25) is 0 Å². The first-order valence-electron chi connectivity index (χ1n) is 17.0. The van der Waals surface area contributed by atoms with E-state index in [1.807, 2.05) is 0 Å². The number of nitrogens with zero attached hydrogens (tertiary/aromatic N) is 1. The first-order chi connectivity index (χ1) is 26.0. The summed E-state index contributed by atoms with van der Waals surface area (Å²) in [5, 5.41) is 15.3. The van der Waals surface area contributed by atoms with Crippen molar-refractivity contribution in [2.75, 3.05) is 51.6 Å². The highest BCUT2D eigenvalue weighted by atomic mass is 32.2. The Bertz CT molecular complexity index is 2050. The number of aliphatic hydroxyl groups excluding tert-OH is 1. The Hall–Kier alpha value is -5.74. The molecule has 0 radical (unpaired) electrons. The maximum Gasteiger partial charge on any atom is 0.337 e. The van der Waals surface area contributed by atoms with E-state index in [1.165, 1.54) is 38.5 Å². The van der Waals surface area contributed by atoms with Crippen LogP contribution in [-0.2, 0) is 35.6 Å². The number of para-hydroxylation sites is 2. The lowest BCUT2D eigenvalue weighted by atomic mass is 9.92. The second kappa shape index (κ2) is 18.3. The number of carbonyl (C=O) groups excluding carboxylic acids is 3. The molecule has 0 aromatic heterocycles. The van der Waals surface area contributed by atoms with E-state index in [0.29, 0.717) is 28.3 Å². The second-order valence-corrected chi connectivity index (χ2v) is 14.1. The van der Waals surface area contributed by atoms with Crippen LogP contribution in [-0.4, -0.2) is 82.4 Å². The Labute approximate surface area is 313 Å². The Morgan fingerprint density at radius 2 is 1.57 bits per heavy atom. The fourth-order valence-corrected chi connectivity index (χ4v) is 7.05. The van der Waals surface area contributed by atoms with Crippen molar-refractivity contribution in [3.05, 3.63) is 131 Å². The second-order valence-electron chi connectivity index (χ2n) is 12.1. The largest absolute Gasteiger partial charge is 0.497 e. The number of amides is 2. The van der Waals surface area contributed by atoms with E-state index in [4.69, 9.17) is 24.7 Å². The number of benzene rings is 4. The quantitative estimate of drug-likeness (QED) is 0.0951. The van der Waals surface area contributed by atoms with Crippen LogP contribution in [0.3, 0.4) is 0 Å². The normalized spacial score (nSPS) is 15.4. The zero-order valence-electron chi connectivity index (χ0n) is 29.8. The van der Waals surface area contributed by atoms with Gasteiger partial charge in [0, 0.05) is 37.5 Å². The number of aliphatic hydroxyl groups is 1. The molecule has 54 heavy (non-hydrogen) atoms. The minimum atomic E-state index is -3.98. The monoisotopic (exact) mass is 758 g/mol. The summed E-state index contributed by atoms with van der Waals surface area (Å²) >= 11 is 0. The Balaban J connectivity index is 1.26. The van der Waals surface area contributed by atoms with Gasteiger partial charge in [0.1, 0.15) is 5.75 Å². The van der Waals surface area contributed by atoms with E-state index in [2.05, 4.69) is 10.6 Å². The third-order valence-electron chi connectivity index (χ3n) is 8.61. The zero-order valence-corrected chi connectivity index (χ0v) is 30.6. The molecule has 1 aliphatic heterocycles. The predicted molar refractivity (Wildman–Crippen MR) is 200 cm³/mol. The van der Waals surface area contributed by atoms with E-state index in [0.717, 1.165) is 15.4 Å². The van der Waals surface area contributed by atoms with Crippen LogP contribution in [0.15, 0.2) is 114 Å². The van der Waals surface area contributed by atoms with Gasteiger partial charge in [-0.3, -0.25) is 9.59 Å². The molecule has 0 saturated heterocycles. The predicted octanol–water partition coefficient (Wildman–Crippen LogP) is 4.05. The molecule has 4 aromatic rings. The smallest absolute Gasteiger partial charge is 0.337 e. The number of methoxy groups -OCH3 is 2. The van der Waals surface area contributed by atoms with Gasteiger partial charge in [-0.25, -0.2) is 13.2 Å². The zero-order chi connectivity index (χ0) is 38.7. The van der Waals surface area contributed by atoms with Crippen LogP contribution in [0, 0.1) is 0 Å². The van der Waals surface area contributed by atoms with Crippen LogP contribution in [0.1, 0.15) is 44.2 Å². The number of sulfonamides is 1. The molecule has 1 heterocycles. The van der Waals surface area contributed by atoms with Crippen molar-refractivity contribution in [3.63, 3.8) is 0 Å². The highest BCUT2D eigenvalue weighted by molar-refractivity contribution is 7.89. The summed E-state index contributed by atoms with van der Waals surface area (Å²) in [6.45, 7) is -0.675. The third kappa shape index (κ3) is 10.0. The highest BCUT2D eigenvalue weighted by Crippen LogP contribution is 2.32. The van der Waals surface area contributed by atoms with Crippen molar-refractivity contribution in [2.45, 2.75) is 30.1 Å². The van der Waals surface area contributed by atoms with Gasteiger partial charge in [0.05, 0.1) is 49.3 Å². The Morgan fingerprint density at radius 3 is 2.22 bits per heavy atom. The number of hydrogen-bond acceptors (Lipinski definition) is 11. The van der Waals surface area contributed by atoms with Gasteiger partial charge in [-0.15, -0.1) is 0 Å². The molecule has 15 heteroatoms. The van der Waals surface area contributed by atoms with Gasteiger partial charge < -0.3 is 40.4 Å². The molecule has 0 fully saturated rings. The molecule has 284 valence electrons. The molecule has 1 aliphatic rings. The summed E-state index contributed by atoms with van der Waals surface area (Å²) in [7, 11) is -1.21. The van der Waals surface area contributed by atoms with Crippen LogP contribution in [0.25, 0.3) is 0 Å². The lowest BCUT2D eigenvalue weighted by Gasteiger charge is -2.30. The summed E-state index contributed by atoms with van der Waals surface area (Å²) < 4.78 is 49.8. The maximum atomic E-state index is 13.5. The topological polar surface area (TPSA) is 196 Å². The molecule has 5 N–H and O–H groups in total. The number of rotatable bonds is 16. The third-order valence-corrected chi connectivity index (χ3v) is 10.5. The fraction of sp³-hybridized carbons (Fsp3) is 0.256. The van der Waals surface area contributed by atoms with Gasteiger partial charge in [0.25, 0.3) is 11.8 Å². The lowest BCUT2D eigenvalue weighted by Crippen LogP contribution is -2.38. The van der Waals surface area contributed by atoms with E-state index >= 15 is 0 Å². The molecule has 2 amide bonds. The van der Waals surface area contributed by atoms with Gasteiger partial charge in [-0.1, -0.05) is 36.4 Å². The summed E-state index contributed by atoms with van der Waals surface area (Å²) in [6.07, 6.45) is 0.992. The number of allylic oxidation sites excluding steroid dienone is 1. The van der Waals surface area contributed by atoms with Crippen molar-refractivity contribution >= 4 is 39.2 Å². The molecule has 4 aromatic carbocycles.